The summed E-state index contributed by atoms with van der Waals surface area (Å²) < 4.78 is 4.81. The van der Waals surface area contributed by atoms with E-state index in [0.717, 1.165) is 0 Å². The van der Waals surface area contributed by atoms with E-state index in [9.17, 15) is 4.79 Å². The molecule has 2 rings (SSSR count). The first-order valence-corrected chi connectivity index (χ1v) is 4.65. The molecular weight excluding hydrogens is 268 g/mol. The first-order chi connectivity index (χ1) is 8.20. The molecule has 0 saturated carbocycles. The minimum absolute atomic E-state index is 0. The Bertz CT molecular complexity index is 597. The van der Waals surface area contributed by atoms with E-state index < -0.39 is 5.97 Å². The predicted octanol–water partition coefficient (Wildman–Crippen LogP) is 1.94. The largest absolute Gasteiger partial charge is 2.00 e. The zero-order chi connectivity index (χ0) is 12.5. The number of hydrogen-bond acceptors (Lipinski definition) is 2. The molecule has 2 nitrogen and oxygen atoms in total. The Balaban J connectivity index is 0.000000405. The van der Waals surface area contributed by atoms with Crippen LogP contribution in [-0.4, -0.2) is 12.6 Å². The van der Waals surface area contributed by atoms with E-state index in [-0.39, 0.29) is 23.7 Å². The van der Waals surface area contributed by atoms with Crippen molar-refractivity contribution in [3.05, 3.63) is 70.3 Å². The van der Waals surface area contributed by atoms with Crippen molar-refractivity contribution in [3.63, 3.8) is 0 Å². The van der Waals surface area contributed by atoms with Crippen LogP contribution in [0.3, 0.4) is 0 Å². The van der Waals surface area contributed by atoms with Crippen molar-refractivity contribution in [2.45, 2.75) is 6.92 Å². The molecule has 0 atom stereocenters. The van der Waals surface area contributed by atoms with E-state index >= 15 is 0 Å². The Morgan fingerprint density at radius 3 is 2.50 bits per heavy atom. The van der Waals surface area contributed by atoms with E-state index in [0.29, 0.717) is 11.1 Å². The number of allylic oxidation sites excluding steroid dienone is 2. The van der Waals surface area contributed by atoms with Crippen LogP contribution in [-0.2, 0) is 26.6 Å². The molecule has 0 aliphatic heterocycles. The summed E-state index contributed by atoms with van der Waals surface area (Å²) in [5.74, 6) is -0.405. The monoisotopic (exact) mass is 275 g/mol. The molecule has 0 amide bonds. The molecule has 0 saturated heterocycles. The molecule has 0 N–H and O–H groups in total. The third kappa shape index (κ3) is 6.47. The Kier molecular flexibility index (Phi) is 7.92. The van der Waals surface area contributed by atoms with Crippen molar-refractivity contribution in [3.8, 4) is 0 Å². The van der Waals surface area contributed by atoms with Gasteiger partial charge in [0.15, 0.2) is 0 Å². The normalized spacial score (nSPS) is 10.8. The quantitative estimate of drug-likeness (QED) is 0.259. The van der Waals surface area contributed by atoms with Crippen LogP contribution in [0.1, 0.15) is 6.92 Å². The SMILES string of the molecule is C=C(C)C(=O)OCC1=C=C=C=[C-]1.[C]1=C=C=C=[C-]1.[Fe+2]. The summed E-state index contributed by atoms with van der Waals surface area (Å²) in [6.45, 7) is 5.20. The fraction of sp³-hybridized carbons (Fsp3) is 0.133. The molecular formula is C15H7FeO2. The number of ether oxygens (including phenoxy) is 1. The first kappa shape index (κ1) is 15.9. The molecule has 87 valence electrons. The average molecular weight is 275 g/mol. The molecule has 18 heavy (non-hydrogen) atoms. The average Bonchev–Trinajstić information content (AvgIpc) is 3.00. The van der Waals surface area contributed by atoms with Crippen molar-refractivity contribution in [1.82, 2.24) is 0 Å². The molecule has 0 spiro atoms. The van der Waals surface area contributed by atoms with Crippen LogP contribution in [0.25, 0.3) is 0 Å². The maximum absolute atomic E-state index is 10.9. The number of rotatable bonds is 3. The maximum Gasteiger partial charge on any atom is 2.00 e. The zero-order valence-corrected chi connectivity index (χ0v) is 10.7. The van der Waals surface area contributed by atoms with Crippen LogP contribution in [0.15, 0.2) is 52.1 Å². The van der Waals surface area contributed by atoms with Gasteiger partial charge >= 0.3 is 23.0 Å². The van der Waals surface area contributed by atoms with Crippen molar-refractivity contribution in [1.29, 1.82) is 0 Å². The molecule has 0 fully saturated rings. The van der Waals surface area contributed by atoms with Gasteiger partial charge < -0.3 is 4.74 Å². The Morgan fingerprint density at radius 1 is 1.33 bits per heavy atom. The molecule has 2 aliphatic carbocycles. The van der Waals surface area contributed by atoms with Gasteiger partial charge in [0.05, 0.1) is 0 Å². The van der Waals surface area contributed by atoms with E-state index in [1.807, 2.05) is 0 Å². The topological polar surface area (TPSA) is 26.3 Å². The minimum Gasteiger partial charge on any atom is -0.459 e. The summed E-state index contributed by atoms with van der Waals surface area (Å²) in [6, 6.07) is 0. The third-order valence-corrected chi connectivity index (χ3v) is 1.50. The van der Waals surface area contributed by atoms with Gasteiger partial charge in [-0.15, -0.1) is 18.2 Å². The molecule has 0 aromatic rings. The van der Waals surface area contributed by atoms with Crippen molar-refractivity contribution in [2.24, 2.45) is 0 Å². The first-order valence-electron chi connectivity index (χ1n) is 4.65. The molecule has 1 radical (unpaired) electrons. The smallest absolute Gasteiger partial charge is 0.459 e. The van der Waals surface area contributed by atoms with Gasteiger partial charge in [-0.1, -0.05) is 12.2 Å². The summed E-state index contributed by atoms with van der Waals surface area (Å²) >= 11 is 0. The fourth-order valence-corrected chi connectivity index (χ4v) is 0.734. The summed E-state index contributed by atoms with van der Waals surface area (Å²) in [6.07, 6.45) is 7.69. The number of esters is 1. The van der Waals surface area contributed by atoms with E-state index in [2.05, 4.69) is 59.2 Å². The van der Waals surface area contributed by atoms with Crippen LogP contribution in [0.4, 0.5) is 0 Å². The van der Waals surface area contributed by atoms with Gasteiger partial charge in [-0.25, -0.2) is 16.3 Å². The Hall–Kier alpha value is -2.11. The Morgan fingerprint density at radius 2 is 2.11 bits per heavy atom. The van der Waals surface area contributed by atoms with E-state index in [1.165, 1.54) is 0 Å². The van der Waals surface area contributed by atoms with Gasteiger partial charge in [0.1, 0.15) is 6.61 Å². The third-order valence-electron chi connectivity index (χ3n) is 1.50. The van der Waals surface area contributed by atoms with E-state index in [4.69, 9.17) is 4.74 Å². The molecule has 3 heteroatoms. The van der Waals surface area contributed by atoms with Crippen LogP contribution in [0.2, 0.25) is 0 Å². The van der Waals surface area contributed by atoms with Gasteiger partial charge in [0.2, 0.25) is 0 Å². The van der Waals surface area contributed by atoms with Gasteiger partial charge in [-0.05, 0) is 6.92 Å². The van der Waals surface area contributed by atoms with Crippen molar-refractivity contribution >= 4 is 5.97 Å². The number of carbonyl (C=O) groups is 1. The summed E-state index contributed by atoms with van der Waals surface area (Å²) in [5, 5.41) is 0. The molecule has 0 aromatic heterocycles. The van der Waals surface area contributed by atoms with Gasteiger partial charge in [0.25, 0.3) is 0 Å². The van der Waals surface area contributed by atoms with Gasteiger partial charge in [-0.3, -0.25) is 22.9 Å². The number of carbonyl (C=O) groups excluding carboxylic acids is 1. The Labute approximate surface area is 117 Å². The molecule has 0 aromatic carbocycles. The zero-order valence-electron chi connectivity index (χ0n) is 9.58. The van der Waals surface area contributed by atoms with E-state index in [1.54, 1.807) is 6.92 Å². The summed E-state index contributed by atoms with van der Waals surface area (Å²) in [4.78, 5) is 10.9. The van der Waals surface area contributed by atoms with Crippen molar-refractivity contribution < 1.29 is 26.6 Å². The minimum atomic E-state index is -0.405. The summed E-state index contributed by atoms with van der Waals surface area (Å²) in [7, 11) is 0. The second-order valence-corrected chi connectivity index (χ2v) is 2.96. The second-order valence-electron chi connectivity index (χ2n) is 2.96. The molecule has 0 unspecified atom stereocenters. The molecule has 2 aliphatic rings. The fourth-order valence-electron chi connectivity index (χ4n) is 0.734. The van der Waals surface area contributed by atoms with Crippen LogP contribution >= 0.6 is 0 Å². The van der Waals surface area contributed by atoms with Crippen LogP contribution in [0.5, 0.6) is 0 Å². The van der Waals surface area contributed by atoms with Crippen LogP contribution < -0.4 is 0 Å². The van der Waals surface area contributed by atoms with Gasteiger partial charge in [0, 0.05) is 5.57 Å². The maximum atomic E-state index is 10.9. The van der Waals surface area contributed by atoms with Crippen molar-refractivity contribution in [2.75, 3.05) is 6.61 Å². The molecule has 0 heterocycles. The number of hydrogen-bond donors (Lipinski definition) is 0. The predicted molar refractivity (Wildman–Crippen MR) is 60.1 cm³/mol. The standard InChI is InChI=1S/C10H7O2.C5.Fe/c1-8(2)10(11)12-7-9-5-3-4-6-9;1-2-4-5-3-1;/h1,7H2,2H3;;/q2*-1;+2. The van der Waals surface area contributed by atoms with Crippen LogP contribution in [0, 0.1) is 18.2 Å². The molecule has 0 bridgehead atoms. The summed E-state index contributed by atoms with van der Waals surface area (Å²) in [5.41, 5.74) is 16.3. The second kappa shape index (κ2) is 8.98. The van der Waals surface area contributed by atoms with Gasteiger partial charge in [-0.2, -0.15) is 0 Å².